The molecule has 2 aromatic rings. The first-order valence-corrected chi connectivity index (χ1v) is 13.5. The number of anilines is 1. The number of amides is 2. The molecule has 0 radical (unpaired) electrons. The zero-order valence-electron chi connectivity index (χ0n) is 22.2. The van der Waals surface area contributed by atoms with E-state index in [1.54, 1.807) is 4.90 Å². The minimum absolute atomic E-state index is 0.0119. The van der Waals surface area contributed by atoms with Crippen molar-refractivity contribution >= 4 is 29.0 Å². The number of aromatic nitrogens is 2. The van der Waals surface area contributed by atoms with Crippen LogP contribution in [0.4, 0.5) is 27.8 Å². The summed E-state index contributed by atoms with van der Waals surface area (Å²) >= 11 is 0.744. The first-order chi connectivity index (χ1) is 18.4. The average molecular weight is 580 g/mol. The topological polar surface area (TPSA) is 107 Å². The molecule has 1 unspecified atom stereocenters. The molecule has 2 aromatic heterocycles. The van der Waals surface area contributed by atoms with E-state index in [4.69, 9.17) is 5.11 Å². The first-order valence-electron chi connectivity index (χ1n) is 12.7. The fourth-order valence-electron chi connectivity index (χ4n) is 3.74. The number of pyridine rings is 1. The van der Waals surface area contributed by atoms with Crippen LogP contribution in [0.15, 0.2) is 12.3 Å². The second-order valence-corrected chi connectivity index (χ2v) is 9.78. The van der Waals surface area contributed by atoms with Crippen LogP contribution in [0.1, 0.15) is 85.2 Å². The zero-order valence-corrected chi connectivity index (χ0v) is 23.1. The van der Waals surface area contributed by atoms with Crippen molar-refractivity contribution in [2.24, 2.45) is 0 Å². The van der Waals surface area contributed by atoms with Gasteiger partial charge in [-0.3, -0.25) is 9.59 Å². The molecule has 3 N–H and O–H groups in total. The van der Waals surface area contributed by atoms with Crippen molar-refractivity contribution < 1.29 is 36.6 Å². The molecule has 0 aromatic carbocycles. The van der Waals surface area contributed by atoms with E-state index in [0.717, 1.165) is 49.3 Å². The van der Waals surface area contributed by atoms with Gasteiger partial charge in [-0.1, -0.05) is 13.8 Å². The lowest BCUT2D eigenvalue weighted by atomic mass is 9.97. The summed E-state index contributed by atoms with van der Waals surface area (Å²) in [4.78, 5) is 34.7. The summed E-state index contributed by atoms with van der Waals surface area (Å²) in [6.07, 6.45) is -1.73. The highest BCUT2D eigenvalue weighted by Gasteiger charge is 2.33. The Kier molecular flexibility index (Phi) is 12.0. The van der Waals surface area contributed by atoms with Crippen LogP contribution >= 0.6 is 11.3 Å². The molecule has 1 saturated carbocycles. The van der Waals surface area contributed by atoms with Gasteiger partial charge in [0.2, 0.25) is 0 Å². The van der Waals surface area contributed by atoms with Crippen molar-refractivity contribution in [1.29, 1.82) is 0 Å². The van der Waals surface area contributed by atoms with Crippen molar-refractivity contribution in [3.63, 3.8) is 0 Å². The van der Waals surface area contributed by atoms with E-state index in [1.165, 1.54) is 13.5 Å². The molecule has 14 heteroatoms. The highest BCUT2D eigenvalue weighted by molar-refractivity contribution is 7.17. The summed E-state index contributed by atoms with van der Waals surface area (Å²) in [6, 6.07) is 0.722. The molecule has 3 heterocycles. The number of likely N-dealkylation sites (tertiary alicyclic amines) is 1. The average Bonchev–Trinajstić information content (AvgIpc) is 3.53. The number of hydrogen-bond acceptors (Lipinski definition) is 7. The minimum atomic E-state index is -4.56. The van der Waals surface area contributed by atoms with Gasteiger partial charge in [-0.25, -0.2) is 18.7 Å². The lowest BCUT2D eigenvalue weighted by molar-refractivity contribution is -0.115. The Morgan fingerprint density at radius 3 is 2.31 bits per heavy atom. The highest BCUT2D eigenvalue weighted by Crippen LogP contribution is 2.38. The number of halogens is 5. The third kappa shape index (κ3) is 8.82. The molecule has 0 bridgehead atoms. The molecule has 1 atom stereocenters. The maximum atomic E-state index is 13.8. The number of hydrogen-bond donors (Lipinski definition) is 3. The highest BCUT2D eigenvalue weighted by atomic mass is 32.1. The summed E-state index contributed by atoms with van der Waals surface area (Å²) in [5.74, 6) is -1.49. The van der Waals surface area contributed by atoms with Crippen LogP contribution in [0.2, 0.25) is 0 Å². The summed E-state index contributed by atoms with van der Waals surface area (Å²) < 4.78 is 65.0. The number of aliphatic hydroxyl groups excluding tert-OH is 1. The second-order valence-electron chi connectivity index (χ2n) is 8.78. The van der Waals surface area contributed by atoms with E-state index in [9.17, 15) is 31.5 Å². The van der Waals surface area contributed by atoms with Gasteiger partial charge in [0.05, 0.1) is 11.0 Å². The van der Waals surface area contributed by atoms with Crippen LogP contribution in [0, 0.1) is 0 Å². The molecular formula is C25H34F5N5O3S. The normalized spacial score (nSPS) is 17.0. The Morgan fingerprint density at radius 1 is 1.21 bits per heavy atom. The molecule has 2 amide bonds. The van der Waals surface area contributed by atoms with Crippen molar-refractivity contribution in [3.05, 3.63) is 28.5 Å². The fraction of sp³-hybridized carbons (Fsp3) is 0.600. The predicted octanol–water partition coefficient (Wildman–Crippen LogP) is 5.66. The summed E-state index contributed by atoms with van der Waals surface area (Å²) in [6.45, 7) is 4.87. The monoisotopic (exact) mass is 579 g/mol. The fourth-order valence-corrected chi connectivity index (χ4v) is 4.77. The van der Waals surface area contributed by atoms with Crippen LogP contribution < -0.4 is 10.6 Å². The lowest BCUT2D eigenvalue weighted by Crippen LogP contribution is -2.34. The number of alkyl halides is 5. The Hall–Kier alpha value is -2.87. The molecule has 8 nitrogen and oxygen atoms in total. The molecule has 1 aliphatic heterocycles. The van der Waals surface area contributed by atoms with E-state index < -0.39 is 42.3 Å². The van der Waals surface area contributed by atoms with E-state index in [1.807, 2.05) is 26.1 Å². The summed E-state index contributed by atoms with van der Waals surface area (Å²) in [5.41, 5.74) is -0.956. The lowest BCUT2D eigenvalue weighted by Gasteiger charge is -2.21. The van der Waals surface area contributed by atoms with E-state index >= 15 is 0 Å². The molecule has 2 fully saturated rings. The van der Waals surface area contributed by atoms with Crippen LogP contribution in [0.5, 0.6) is 0 Å². The van der Waals surface area contributed by atoms with Crippen molar-refractivity contribution in [2.45, 2.75) is 77.6 Å². The Bertz CT molecular complexity index is 1110. The van der Waals surface area contributed by atoms with Crippen LogP contribution in [0.25, 0.3) is 10.4 Å². The maximum Gasteiger partial charge on any atom is 0.405 e. The van der Waals surface area contributed by atoms with Crippen molar-refractivity contribution in [2.75, 3.05) is 25.5 Å². The zero-order chi connectivity index (χ0) is 29.3. The van der Waals surface area contributed by atoms with Gasteiger partial charge in [0.25, 0.3) is 18.2 Å². The van der Waals surface area contributed by atoms with Gasteiger partial charge >= 0.3 is 6.18 Å². The quantitative estimate of drug-likeness (QED) is 0.382. The minimum Gasteiger partial charge on any atom is -0.393 e. The van der Waals surface area contributed by atoms with Crippen LogP contribution in [-0.4, -0.2) is 70.2 Å². The van der Waals surface area contributed by atoms with Gasteiger partial charge in [-0.2, -0.15) is 13.2 Å². The second kappa shape index (κ2) is 14.5. The van der Waals surface area contributed by atoms with Crippen LogP contribution in [-0.2, 0) is 0 Å². The molecule has 218 valence electrons. The van der Waals surface area contributed by atoms with Gasteiger partial charge in [0.1, 0.15) is 18.1 Å². The van der Waals surface area contributed by atoms with E-state index in [2.05, 4.69) is 15.3 Å². The molecule has 1 saturated heterocycles. The van der Waals surface area contributed by atoms with Gasteiger partial charge in [0.15, 0.2) is 5.01 Å². The summed E-state index contributed by atoms with van der Waals surface area (Å²) in [7, 11) is 1.36. The predicted molar refractivity (Wildman–Crippen MR) is 139 cm³/mol. The summed E-state index contributed by atoms with van der Waals surface area (Å²) in [5, 5.41) is 12.7. The Morgan fingerprint density at radius 2 is 1.85 bits per heavy atom. The number of nitrogens with one attached hydrogen (secondary N) is 2. The third-order valence-corrected chi connectivity index (χ3v) is 7.11. The van der Waals surface area contributed by atoms with Gasteiger partial charge in [-0.15, -0.1) is 11.3 Å². The first kappa shape index (κ1) is 32.3. The molecule has 4 rings (SSSR count). The third-order valence-electron chi connectivity index (χ3n) is 6.03. The van der Waals surface area contributed by atoms with Gasteiger partial charge in [-0.05, 0) is 45.1 Å². The van der Waals surface area contributed by atoms with Gasteiger partial charge < -0.3 is 20.6 Å². The Labute approximate surface area is 228 Å². The smallest absolute Gasteiger partial charge is 0.393 e. The standard InChI is InChI=1S/C19H20F5N5O2S.C4H8O.C2H6/c1-9-4-3-5-29(9)18(31)13-14(32-17(28-13)16(30)25-2)11-7-26-12(6-10(11)15(20)21)27-8-19(22,23)24;5-4-2-1-3-4;1-2/h6-7,9,15H,3-5,8H2,1-2H3,(H,25,30)(H,26,27);4-5H,1-3H2;1-2H3. The molecule has 39 heavy (non-hydrogen) atoms. The van der Waals surface area contributed by atoms with Crippen LogP contribution in [0.3, 0.4) is 0 Å². The van der Waals surface area contributed by atoms with Crippen molar-refractivity contribution in [1.82, 2.24) is 20.2 Å². The molecular weight excluding hydrogens is 545 g/mol. The number of thiazole rings is 1. The Balaban J connectivity index is 0.000000671. The molecule has 0 spiro atoms. The van der Waals surface area contributed by atoms with Gasteiger partial charge in [0, 0.05) is 37.0 Å². The van der Waals surface area contributed by atoms with E-state index in [0.29, 0.717) is 6.54 Å². The largest absolute Gasteiger partial charge is 0.405 e. The van der Waals surface area contributed by atoms with E-state index in [-0.39, 0.29) is 33.3 Å². The molecule has 2 aliphatic rings. The van der Waals surface area contributed by atoms with Crippen molar-refractivity contribution in [3.8, 4) is 10.4 Å². The number of carbonyl (C=O) groups excluding carboxylic acids is 2. The number of aliphatic hydroxyl groups is 1. The number of carbonyl (C=O) groups is 2. The molecule has 1 aliphatic carbocycles. The maximum absolute atomic E-state index is 13.8. The number of nitrogens with zero attached hydrogens (tertiary/aromatic N) is 3. The SMILES string of the molecule is CC.CNC(=O)c1nc(C(=O)N2CCCC2C)c(-c2cnc(NCC(F)(F)F)cc2C(F)F)s1.OC1CCC1. The number of rotatable bonds is 6.